The molecular weight excluding hydrogens is 136 g/mol. The molecule has 1 heterocycles. The summed E-state index contributed by atoms with van der Waals surface area (Å²) in [7, 11) is 0. The summed E-state index contributed by atoms with van der Waals surface area (Å²) in [6, 6.07) is 0. The van der Waals surface area contributed by atoms with Crippen LogP contribution in [-0.2, 0) is 12.8 Å². The number of anilines is 1. The van der Waals surface area contributed by atoms with Gasteiger partial charge in [0.15, 0.2) is 0 Å². The number of aromatic nitrogens is 1. The summed E-state index contributed by atoms with van der Waals surface area (Å²) in [6.07, 6.45) is 5.32. The monoisotopic (exact) mass is 148 g/mol. The molecule has 0 bridgehead atoms. The highest BCUT2D eigenvalue weighted by molar-refractivity contribution is 5.50. The molecule has 0 radical (unpaired) electrons. The van der Waals surface area contributed by atoms with Crippen LogP contribution in [0.3, 0.4) is 0 Å². The summed E-state index contributed by atoms with van der Waals surface area (Å²) >= 11 is 0. The van der Waals surface area contributed by atoms with Crippen LogP contribution in [0.5, 0.6) is 0 Å². The number of fused-ring (bicyclic) bond motifs is 1. The van der Waals surface area contributed by atoms with Gasteiger partial charge in [-0.1, -0.05) is 0 Å². The van der Waals surface area contributed by atoms with Crippen molar-refractivity contribution in [2.24, 2.45) is 0 Å². The molecule has 2 nitrogen and oxygen atoms in total. The first-order valence-corrected chi connectivity index (χ1v) is 4.02. The highest BCUT2D eigenvalue weighted by atomic mass is 14.7. The van der Waals surface area contributed by atoms with Gasteiger partial charge in [0.05, 0.1) is 11.9 Å². The van der Waals surface area contributed by atoms with E-state index in [9.17, 15) is 0 Å². The van der Waals surface area contributed by atoms with Gasteiger partial charge in [-0.3, -0.25) is 4.98 Å². The third-order valence-electron chi connectivity index (χ3n) is 2.43. The minimum atomic E-state index is 0.839. The van der Waals surface area contributed by atoms with E-state index in [4.69, 9.17) is 5.73 Å². The average molecular weight is 148 g/mol. The van der Waals surface area contributed by atoms with Crippen LogP contribution < -0.4 is 5.73 Å². The smallest absolute Gasteiger partial charge is 0.0533 e. The van der Waals surface area contributed by atoms with Crippen LogP contribution in [0.4, 0.5) is 5.69 Å². The number of pyridine rings is 1. The van der Waals surface area contributed by atoms with E-state index in [1.54, 1.807) is 6.20 Å². The quantitative estimate of drug-likeness (QED) is 0.605. The zero-order valence-corrected chi connectivity index (χ0v) is 6.72. The van der Waals surface area contributed by atoms with Gasteiger partial charge in [-0.2, -0.15) is 0 Å². The summed E-state index contributed by atoms with van der Waals surface area (Å²) in [4.78, 5) is 4.29. The van der Waals surface area contributed by atoms with Crippen LogP contribution in [0.15, 0.2) is 6.20 Å². The predicted octanol–water partition coefficient (Wildman–Crippen LogP) is 1.46. The molecule has 0 unspecified atom stereocenters. The van der Waals surface area contributed by atoms with Gasteiger partial charge in [0.1, 0.15) is 0 Å². The van der Waals surface area contributed by atoms with Crippen molar-refractivity contribution in [1.82, 2.24) is 4.98 Å². The number of nitrogens with zero attached hydrogens (tertiary/aromatic N) is 1. The first-order chi connectivity index (χ1) is 5.29. The molecule has 1 aromatic rings. The molecule has 58 valence electrons. The van der Waals surface area contributed by atoms with E-state index in [0.29, 0.717) is 0 Å². The van der Waals surface area contributed by atoms with E-state index < -0.39 is 0 Å². The molecule has 0 aliphatic heterocycles. The van der Waals surface area contributed by atoms with Gasteiger partial charge in [-0.15, -0.1) is 0 Å². The van der Waals surface area contributed by atoms with Gasteiger partial charge in [0.2, 0.25) is 0 Å². The molecule has 2 N–H and O–H groups in total. The van der Waals surface area contributed by atoms with Gasteiger partial charge in [-0.25, -0.2) is 0 Å². The normalized spacial score (nSPS) is 15.0. The fraction of sp³-hybridized carbons (Fsp3) is 0.444. The van der Waals surface area contributed by atoms with Crippen molar-refractivity contribution in [3.05, 3.63) is 23.0 Å². The third-order valence-corrected chi connectivity index (χ3v) is 2.43. The number of aryl methyl sites for hydroxylation is 1. The number of hydrogen-bond acceptors (Lipinski definition) is 2. The molecule has 11 heavy (non-hydrogen) atoms. The first-order valence-electron chi connectivity index (χ1n) is 4.02. The largest absolute Gasteiger partial charge is 0.397 e. The summed E-state index contributed by atoms with van der Waals surface area (Å²) in [5, 5.41) is 0. The molecule has 0 saturated heterocycles. The lowest BCUT2D eigenvalue weighted by Gasteiger charge is -2.04. The average Bonchev–Trinajstić information content (AvgIpc) is 2.45. The molecule has 0 fully saturated rings. The van der Waals surface area contributed by atoms with E-state index in [1.807, 2.05) is 0 Å². The van der Waals surface area contributed by atoms with E-state index in [1.165, 1.54) is 29.7 Å². The Bertz CT molecular complexity index is 292. The number of nitrogen functional groups attached to an aromatic ring is 1. The van der Waals surface area contributed by atoms with E-state index in [0.717, 1.165) is 12.1 Å². The number of hydrogen-bond donors (Lipinski definition) is 1. The van der Waals surface area contributed by atoms with Gasteiger partial charge >= 0.3 is 0 Å². The lowest BCUT2D eigenvalue weighted by Crippen LogP contribution is -1.97. The second-order valence-corrected chi connectivity index (χ2v) is 3.12. The Kier molecular flexibility index (Phi) is 1.34. The second-order valence-electron chi connectivity index (χ2n) is 3.12. The van der Waals surface area contributed by atoms with Crippen molar-refractivity contribution in [2.75, 3.05) is 5.73 Å². The highest BCUT2D eigenvalue weighted by Crippen LogP contribution is 2.25. The molecule has 0 amide bonds. The topological polar surface area (TPSA) is 38.9 Å². The maximum Gasteiger partial charge on any atom is 0.0533 e. The van der Waals surface area contributed by atoms with Crippen molar-refractivity contribution in [3.63, 3.8) is 0 Å². The fourth-order valence-electron chi connectivity index (χ4n) is 1.69. The van der Waals surface area contributed by atoms with Crippen molar-refractivity contribution in [3.8, 4) is 0 Å². The molecule has 0 saturated carbocycles. The van der Waals surface area contributed by atoms with Crippen LogP contribution in [0.25, 0.3) is 0 Å². The van der Waals surface area contributed by atoms with Crippen molar-refractivity contribution < 1.29 is 0 Å². The molecule has 1 aromatic heterocycles. The Balaban J connectivity index is 2.62. The lowest BCUT2D eigenvalue weighted by molar-refractivity contribution is 0.898. The van der Waals surface area contributed by atoms with Gasteiger partial charge in [-0.05, 0) is 37.3 Å². The molecule has 1 aliphatic carbocycles. The van der Waals surface area contributed by atoms with Gasteiger partial charge in [0.25, 0.3) is 0 Å². The van der Waals surface area contributed by atoms with E-state index >= 15 is 0 Å². The highest BCUT2D eigenvalue weighted by Gasteiger charge is 2.14. The van der Waals surface area contributed by atoms with Gasteiger partial charge in [0, 0.05) is 5.69 Å². The Hall–Kier alpha value is -1.05. The molecule has 2 heteroatoms. The van der Waals surface area contributed by atoms with Crippen LogP contribution in [0, 0.1) is 6.92 Å². The standard InChI is InChI=1S/C9H12N2/c1-6-7-3-2-4-9(7)11-5-8(6)10/h5H,2-4,10H2,1H3. The minimum absolute atomic E-state index is 0.839. The van der Waals surface area contributed by atoms with Crippen LogP contribution in [-0.4, -0.2) is 4.98 Å². The maximum atomic E-state index is 5.73. The van der Waals surface area contributed by atoms with Crippen molar-refractivity contribution in [2.45, 2.75) is 26.2 Å². The van der Waals surface area contributed by atoms with Crippen LogP contribution in [0.1, 0.15) is 23.2 Å². The Morgan fingerprint density at radius 3 is 3.09 bits per heavy atom. The van der Waals surface area contributed by atoms with E-state index in [-0.39, 0.29) is 0 Å². The zero-order valence-electron chi connectivity index (χ0n) is 6.72. The summed E-state index contributed by atoms with van der Waals surface area (Å²) in [5.74, 6) is 0. The summed E-state index contributed by atoms with van der Waals surface area (Å²) < 4.78 is 0. The Labute approximate surface area is 66.4 Å². The molecule has 1 aliphatic rings. The van der Waals surface area contributed by atoms with Crippen LogP contribution in [0.2, 0.25) is 0 Å². The minimum Gasteiger partial charge on any atom is -0.397 e. The molecule has 0 aromatic carbocycles. The molecular formula is C9H12N2. The third kappa shape index (κ3) is 0.897. The molecule has 0 atom stereocenters. The number of rotatable bonds is 0. The Morgan fingerprint density at radius 1 is 1.45 bits per heavy atom. The summed E-state index contributed by atoms with van der Waals surface area (Å²) in [5.41, 5.74) is 10.5. The number of nitrogens with two attached hydrogens (primary N) is 1. The predicted molar refractivity (Wildman–Crippen MR) is 45.4 cm³/mol. The van der Waals surface area contributed by atoms with Crippen LogP contribution >= 0.6 is 0 Å². The van der Waals surface area contributed by atoms with Gasteiger partial charge < -0.3 is 5.73 Å². The Morgan fingerprint density at radius 2 is 2.27 bits per heavy atom. The van der Waals surface area contributed by atoms with Crippen molar-refractivity contribution >= 4 is 5.69 Å². The SMILES string of the molecule is Cc1c(N)cnc2c1CCC2. The first kappa shape index (κ1) is 6.65. The van der Waals surface area contributed by atoms with E-state index in [2.05, 4.69) is 11.9 Å². The maximum absolute atomic E-state index is 5.73. The fourth-order valence-corrected chi connectivity index (χ4v) is 1.69. The summed E-state index contributed by atoms with van der Waals surface area (Å²) in [6.45, 7) is 2.08. The lowest BCUT2D eigenvalue weighted by atomic mass is 10.1. The van der Waals surface area contributed by atoms with Crippen molar-refractivity contribution in [1.29, 1.82) is 0 Å². The zero-order chi connectivity index (χ0) is 7.84. The molecule has 0 spiro atoms. The second kappa shape index (κ2) is 2.22. The molecule has 2 rings (SSSR count).